The lowest BCUT2D eigenvalue weighted by molar-refractivity contribution is -0.237. The molecule has 0 aromatic heterocycles. The van der Waals surface area contributed by atoms with Gasteiger partial charge < -0.3 is 24.4 Å². The predicted molar refractivity (Wildman–Crippen MR) is 142 cm³/mol. The van der Waals surface area contributed by atoms with Crippen LogP contribution in [0.5, 0.6) is 0 Å². The Balaban J connectivity index is 1.39. The minimum Gasteiger partial charge on any atom is -0.394 e. The van der Waals surface area contributed by atoms with Crippen LogP contribution in [0.3, 0.4) is 0 Å². The van der Waals surface area contributed by atoms with Crippen molar-refractivity contribution in [3.63, 3.8) is 0 Å². The molecule has 5 atom stereocenters. The second-order valence-corrected chi connectivity index (χ2v) is 10.0. The average Bonchev–Trinajstić information content (AvgIpc) is 2.93. The predicted octanol–water partition coefficient (Wildman–Crippen LogP) is 5.18. The first kappa shape index (κ1) is 25.0. The van der Waals surface area contributed by atoms with Crippen LogP contribution in [0, 0.1) is 0 Å². The number of aliphatic hydroxyl groups excluding tert-OH is 2. The van der Waals surface area contributed by atoms with Crippen molar-refractivity contribution in [2.75, 3.05) is 6.61 Å². The lowest BCUT2D eigenvalue weighted by Crippen LogP contribution is -2.59. The Hall–Kier alpha value is -2.71. The van der Waals surface area contributed by atoms with Crippen molar-refractivity contribution in [1.82, 2.24) is 0 Å². The summed E-state index contributed by atoms with van der Waals surface area (Å²) in [6.07, 6.45) is -3.06. The molecule has 0 saturated carbocycles. The van der Waals surface area contributed by atoms with Crippen molar-refractivity contribution in [3.8, 4) is 0 Å². The standard InChI is InChI=1S/C30H30O5S/c31-18-26-27(32)28(33-20-22-15-16-23-11-7-8-12-24(23)17-22)29(34-19-21-9-3-1-4-10-21)30(35-26)36-25-13-5-2-6-14-25/h1-17,26-32H,18-20H2/t26-,27-,28+,29+,30-/m1/s1. The molecule has 1 aliphatic heterocycles. The normalized spacial score (nSPS) is 24.1. The van der Waals surface area contributed by atoms with Gasteiger partial charge in [0.15, 0.2) is 0 Å². The van der Waals surface area contributed by atoms with Gasteiger partial charge in [-0.25, -0.2) is 0 Å². The number of fused-ring (bicyclic) bond motifs is 1. The number of aliphatic hydroxyl groups is 2. The summed E-state index contributed by atoms with van der Waals surface area (Å²) in [6, 6.07) is 34.2. The molecule has 1 saturated heterocycles. The van der Waals surface area contributed by atoms with E-state index in [1.54, 1.807) is 0 Å². The van der Waals surface area contributed by atoms with Gasteiger partial charge in [-0.05, 0) is 40.1 Å². The monoisotopic (exact) mass is 502 g/mol. The van der Waals surface area contributed by atoms with Crippen molar-refractivity contribution in [2.45, 2.75) is 48.0 Å². The minimum absolute atomic E-state index is 0.304. The molecular formula is C30H30O5S. The summed E-state index contributed by atoms with van der Waals surface area (Å²) in [6.45, 7) is 0.347. The van der Waals surface area contributed by atoms with Crippen LogP contribution in [0.25, 0.3) is 10.8 Å². The Kier molecular flexibility index (Phi) is 8.33. The van der Waals surface area contributed by atoms with E-state index in [-0.39, 0.29) is 6.61 Å². The van der Waals surface area contributed by atoms with E-state index in [2.05, 4.69) is 24.3 Å². The molecule has 1 heterocycles. The summed E-state index contributed by atoms with van der Waals surface area (Å²) in [4.78, 5) is 1.01. The van der Waals surface area contributed by atoms with Gasteiger partial charge >= 0.3 is 0 Å². The maximum atomic E-state index is 11.1. The molecule has 4 aromatic carbocycles. The molecule has 0 spiro atoms. The van der Waals surface area contributed by atoms with Gasteiger partial charge in [0.2, 0.25) is 0 Å². The second kappa shape index (κ2) is 12.0. The summed E-state index contributed by atoms with van der Waals surface area (Å²) in [7, 11) is 0. The van der Waals surface area contributed by atoms with Crippen LogP contribution >= 0.6 is 11.8 Å². The fraction of sp³-hybridized carbons (Fsp3) is 0.267. The van der Waals surface area contributed by atoms with Crippen molar-refractivity contribution in [3.05, 3.63) is 114 Å². The zero-order chi connectivity index (χ0) is 24.7. The average molecular weight is 503 g/mol. The van der Waals surface area contributed by atoms with E-state index in [1.807, 2.05) is 78.9 Å². The number of hydrogen-bond acceptors (Lipinski definition) is 6. The van der Waals surface area contributed by atoms with E-state index in [1.165, 1.54) is 11.8 Å². The fourth-order valence-corrected chi connectivity index (χ4v) is 5.57. The molecule has 36 heavy (non-hydrogen) atoms. The highest BCUT2D eigenvalue weighted by atomic mass is 32.2. The van der Waals surface area contributed by atoms with Gasteiger partial charge in [-0.2, -0.15) is 0 Å². The molecule has 0 bridgehead atoms. The summed E-state index contributed by atoms with van der Waals surface area (Å²) in [5.74, 6) is 0. The van der Waals surface area contributed by atoms with Crippen LogP contribution in [0.4, 0.5) is 0 Å². The first-order chi connectivity index (χ1) is 17.7. The Labute approximate surface area is 215 Å². The SMILES string of the molecule is OC[C@H]1O[C@H](Sc2ccccc2)[C@@H](OCc2ccccc2)[C@@H](OCc2ccc3ccccc3c2)[C@@H]1O. The van der Waals surface area contributed by atoms with E-state index in [0.717, 1.165) is 26.8 Å². The zero-order valence-electron chi connectivity index (χ0n) is 19.9. The van der Waals surface area contributed by atoms with E-state index in [0.29, 0.717) is 13.2 Å². The fourth-order valence-electron chi connectivity index (χ4n) is 4.42. The molecule has 0 unspecified atom stereocenters. The van der Waals surface area contributed by atoms with Crippen LogP contribution in [0.1, 0.15) is 11.1 Å². The van der Waals surface area contributed by atoms with Crippen molar-refractivity contribution in [1.29, 1.82) is 0 Å². The first-order valence-corrected chi connectivity index (χ1v) is 13.0. The van der Waals surface area contributed by atoms with Crippen LogP contribution < -0.4 is 0 Å². The number of ether oxygens (including phenoxy) is 3. The molecule has 6 heteroatoms. The van der Waals surface area contributed by atoms with Crippen LogP contribution in [-0.2, 0) is 27.4 Å². The molecule has 1 fully saturated rings. The Morgan fingerprint density at radius 2 is 1.33 bits per heavy atom. The van der Waals surface area contributed by atoms with Gasteiger partial charge in [0, 0.05) is 4.90 Å². The number of thioether (sulfide) groups is 1. The van der Waals surface area contributed by atoms with Crippen LogP contribution in [-0.4, -0.2) is 46.7 Å². The quantitative estimate of drug-likeness (QED) is 0.329. The molecule has 0 radical (unpaired) electrons. The second-order valence-electron chi connectivity index (χ2n) is 8.87. The van der Waals surface area contributed by atoms with E-state index in [9.17, 15) is 10.2 Å². The van der Waals surface area contributed by atoms with E-state index >= 15 is 0 Å². The molecule has 1 aliphatic rings. The summed E-state index contributed by atoms with van der Waals surface area (Å²) >= 11 is 1.51. The number of benzene rings is 4. The highest BCUT2D eigenvalue weighted by Crippen LogP contribution is 2.36. The first-order valence-electron chi connectivity index (χ1n) is 12.1. The Morgan fingerprint density at radius 3 is 2.08 bits per heavy atom. The van der Waals surface area contributed by atoms with Crippen molar-refractivity contribution >= 4 is 22.5 Å². The largest absolute Gasteiger partial charge is 0.394 e. The zero-order valence-corrected chi connectivity index (χ0v) is 20.7. The lowest BCUT2D eigenvalue weighted by atomic mass is 9.99. The van der Waals surface area contributed by atoms with Gasteiger partial charge in [-0.3, -0.25) is 0 Å². The molecular weight excluding hydrogens is 472 g/mol. The van der Waals surface area contributed by atoms with Crippen molar-refractivity contribution in [2.24, 2.45) is 0 Å². The summed E-state index contributed by atoms with van der Waals surface area (Å²) < 4.78 is 18.9. The molecule has 186 valence electrons. The van der Waals surface area contributed by atoms with Crippen LogP contribution in [0.2, 0.25) is 0 Å². The van der Waals surface area contributed by atoms with E-state index < -0.39 is 29.9 Å². The Bertz CT molecular complexity index is 1240. The maximum Gasteiger partial charge on any atom is 0.137 e. The van der Waals surface area contributed by atoms with E-state index in [4.69, 9.17) is 14.2 Å². The number of hydrogen-bond donors (Lipinski definition) is 2. The van der Waals surface area contributed by atoms with Crippen molar-refractivity contribution < 1.29 is 24.4 Å². The third kappa shape index (κ3) is 5.98. The molecule has 0 amide bonds. The topological polar surface area (TPSA) is 68.2 Å². The Morgan fingerprint density at radius 1 is 0.694 bits per heavy atom. The highest BCUT2D eigenvalue weighted by Gasteiger charge is 2.47. The van der Waals surface area contributed by atoms with Gasteiger partial charge in [0.05, 0.1) is 19.8 Å². The lowest BCUT2D eigenvalue weighted by Gasteiger charge is -2.43. The number of rotatable bonds is 9. The summed E-state index contributed by atoms with van der Waals surface area (Å²) in [5, 5.41) is 23.4. The third-order valence-corrected chi connectivity index (χ3v) is 7.49. The van der Waals surface area contributed by atoms with Gasteiger partial charge in [-0.1, -0.05) is 96.7 Å². The van der Waals surface area contributed by atoms with Crippen LogP contribution in [0.15, 0.2) is 108 Å². The molecule has 0 aliphatic carbocycles. The van der Waals surface area contributed by atoms with Gasteiger partial charge in [-0.15, -0.1) is 0 Å². The van der Waals surface area contributed by atoms with Gasteiger partial charge in [0.1, 0.15) is 29.9 Å². The highest BCUT2D eigenvalue weighted by molar-refractivity contribution is 7.99. The molecule has 5 rings (SSSR count). The molecule has 5 nitrogen and oxygen atoms in total. The maximum absolute atomic E-state index is 11.1. The smallest absolute Gasteiger partial charge is 0.137 e. The summed E-state index contributed by atoms with van der Waals surface area (Å²) in [5.41, 5.74) is 1.55. The van der Waals surface area contributed by atoms with Gasteiger partial charge in [0.25, 0.3) is 0 Å². The molecule has 2 N–H and O–H groups in total. The molecule has 4 aromatic rings. The third-order valence-electron chi connectivity index (χ3n) is 6.34. The minimum atomic E-state index is -1.04.